The summed E-state index contributed by atoms with van der Waals surface area (Å²) in [5, 5.41) is 0. The number of nitrogens with zero attached hydrogens (tertiary/aromatic N) is 1. The van der Waals surface area contributed by atoms with Gasteiger partial charge in [0.15, 0.2) is 0 Å². The zero-order valence-electron chi connectivity index (χ0n) is 11.0. The summed E-state index contributed by atoms with van der Waals surface area (Å²) in [6, 6.07) is 4.23. The molecular weight excluding hydrogens is 212 g/mol. The number of likely N-dealkylation sites (tertiary alicyclic amines) is 1. The van der Waals surface area contributed by atoms with E-state index in [1.54, 1.807) is 6.26 Å². The highest BCUT2D eigenvalue weighted by Crippen LogP contribution is 2.32. The molecule has 1 saturated heterocycles. The summed E-state index contributed by atoms with van der Waals surface area (Å²) in [7, 11) is 0. The molecule has 1 atom stereocenters. The molecule has 0 aromatic carbocycles. The van der Waals surface area contributed by atoms with Crippen LogP contribution in [0.25, 0.3) is 0 Å². The van der Waals surface area contributed by atoms with Gasteiger partial charge in [-0.05, 0) is 49.9 Å². The third kappa shape index (κ3) is 3.11. The Morgan fingerprint density at radius 3 is 2.88 bits per heavy atom. The van der Waals surface area contributed by atoms with E-state index in [1.807, 2.05) is 12.1 Å². The van der Waals surface area contributed by atoms with Gasteiger partial charge in [-0.15, -0.1) is 0 Å². The molecule has 3 heteroatoms. The lowest BCUT2D eigenvalue weighted by atomic mass is 9.85. The lowest BCUT2D eigenvalue weighted by Crippen LogP contribution is -2.34. The normalized spacial score (nSPS) is 23.2. The van der Waals surface area contributed by atoms with Crippen molar-refractivity contribution < 1.29 is 4.42 Å². The summed E-state index contributed by atoms with van der Waals surface area (Å²) >= 11 is 0. The quantitative estimate of drug-likeness (QED) is 0.877. The molecule has 17 heavy (non-hydrogen) atoms. The van der Waals surface area contributed by atoms with E-state index in [2.05, 4.69) is 18.7 Å². The highest BCUT2D eigenvalue weighted by molar-refractivity contribution is 5.05. The van der Waals surface area contributed by atoms with Gasteiger partial charge in [0.05, 0.1) is 12.3 Å². The van der Waals surface area contributed by atoms with E-state index < -0.39 is 0 Å². The van der Waals surface area contributed by atoms with Crippen LogP contribution < -0.4 is 5.73 Å². The first kappa shape index (κ1) is 12.7. The summed E-state index contributed by atoms with van der Waals surface area (Å²) in [5.74, 6) is 1.01. The fraction of sp³-hybridized carbons (Fsp3) is 0.714. The van der Waals surface area contributed by atoms with Crippen molar-refractivity contribution in [3.8, 4) is 0 Å². The smallest absolute Gasteiger partial charge is 0.122 e. The lowest BCUT2D eigenvalue weighted by molar-refractivity contribution is 0.178. The van der Waals surface area contributed by atoms with Gasteiger partial charge in [0.25, 0.3) is 0 Å². The summed E-state index contributed by atoms with van der Waals surface area (Å²) in [6.45, 7) is 7.61. The average molecular weight is 236 g/mol. The van der Waals surface area contributed by atoms with Crippen molar-refractivity contribution in [2.24, 2.45) is 11.1 Å². The number of furan rings is 1. The molecule has 0 spiro atoms. The van der Waals surface area contributed by atoms with E-state index in [0.717, 1.165) is 18.8 Å². The third-order valence-electron chi connectivity index (χ3n) is 3.91. The maximum atomic E-state index is 5.91. The number of hydrogen-bond donors (Lipinski definition) is 1. The second-order valence-electron chi connectivity index (χ2n) is 5.82. The first-order chi connectivity index (χ1) is 8.12. The summed E-state index contributed by atoms with van der Waals surface area (Å²) < 4.78 is 5.51. The highest BCUT2D eigenvalue weighted by atomic mass is 16.3. The van der Waals surface area contributed by atoms with E-state index >= 15 is 0 Å². The van der Waals surface area contributed by atoms with Gasteiger partial charge in [0.2, 0.25) is 0 Å². The van der Waals surface area contributed by atoms with Crippen molar-refractivity contribution in [1.29, 1.82) is 0 Å². The summed E-state index contributed by atoms with van der Waals surface area (Å²) in [5.41, 5.74) is 6.38. The fourth-order valence-corrected chi connectivity index (χ4v) is 2.68. The minimum absolute atomic E-state index is 0.249. The minimum Gasteiger partial charge on any atom is -0.468 e. The Bertz CT molecular complexity index is 332. The molecule has 1 fully saturated rings. The second-order valence-corrected chi connectivity index (χ2v) is 5.82. The zero-order chi connectivity index (χ0) is 12.3. The Morgan fingerprint density at radius 1 is 1.41 bits per heavy atom. The van der Waals surface area contributed by atoms with Gasteiger partial charge in [0.1, 0.15) is 5.76 Å². The van der Waals surface area contributed by atoms with E-state index in [4.69, 9.17) is 10.2 Å². The Morgan fingerprint density at radius 2 is 2.24 bits per heavy atom. The van der Waals surface area contributed by atoms with Gasteiger partial charge in [-0.1, -0.05) is 13.8 Å². The van der Waals surface area contributed by atoms with Crippen molar-refractivity contribution in [2.75, 3.05) is 19.6 Å². The number of rotatable bonds is 3. The van der Waals surface area contributed by atoms with Gasteiger partial charge in [-0.2, -0.15) is 0 Å². The number of hydrogen-bond acceptors (Lipinski definition) is 3. The van der Waals surface area contributed by atoms with Crippen LogP contribution in [0.1, 0.15) is 44.9 Å². The van der Waals surface area contributed by atoms with Crippen molar-refractivity contribution in [3.05, 3.63) is 24.2 Å². The maximum absolute atomic E-state index is 5.91. The topological polar surface area (TPSA) is 42.4 Å². The lowest BCUT2D eigenvalue weighted by Gasteiger charge is -2.29. The van der Waals surface area contributed by atoms with E-state index in [-0.39, 0.29) is 6.04 Å². The van der Waals surface area contributed by atoms with Crippen LogP contribution in [0.4, 0.5) is 0 Å². The van der Waals surface area contributed by atoms with Crippen LogP contribution in [0.2, 0.25) is 0 Å². The first-order valence-electron chi connectivity index (χ1n) is 6.60. The molecule has 0 radical (unpaired) electrons. The molecule has 1 aliphatic rings. The molecule has 0 amide bonds. The van der Waals surface area contributed by atoms with Crippen LogP contribution in [0.15, 0.2) is 22.8 Å². The standard InChI is InChI=1S/C14H24N2O/c1-14(2)6-4-8-16(9-7-14)12(11-15)13-5-3-10-17-13/h3,5,10,12H,4,6-9,11,15H2,1-2H3. The number of nitrogens with two attached hydrogens (primary N) is 1. The van der Waals surface area contributed by atoms with Gasteiger partial charge in [0, 0.05) is 6.54 Å². The van der Waals surface area contributed by atoms with Gasteiger partial charge >= 0.3 is 0 Å². The summed E-state index contributed by atoms with van der Waals surface area (Å²) in [4.78, 5) is 2.48. The fourth-order valence-electron chi connectivity index (χ4n) is 2.68. The van der Waals surface area contributed by atoms with Crippen molar-refractivity contribution in [3.63, 3.8) is 0 Å². The Hall–Kier alpha value is -0.800. The van der Waals surface area contributed by atoms with Crippen LogP contribution in [0.3, 0.4) is 0 Å². The SMILES string of the molecule is CC1(C)CCCN(C(CN)c2ccco2)CC1. The molecule has 2 heterocycles. The predicted octanol–water partition coefficient (Wildman–Crippen LogP) is 2.79. The molecule has 1 aliphatic heterocycles. The van der Waals surface area contributed by atoms with Crippen LogP contribution >= 0.6 is 0 Å². The predicted molar refractivity (Wildman–Crippen MR) is 69.7 cm³/mol. The molecule has 96 valence electrons. The first-order valence-corrected chi connectivity index (χ1v) is 6.60. The van der Waals surface area contributed by atoms with Crippen LogP contribution in [-0.4, -0.2) is 24.5 Å². The Kier molecular flexibility index (Phi) is 3.89. The van der Waals surface area contributed by atoms with E-state index in [0.29, 0.717) is 12.0 Å². The molecule has 1 aromatic rings. The van der Waals surface area contributed by atoms with E-state index in [9.17, 15) is 0 Å². The monoisotopic (exact) mass is 236 g/mol. The minimum atomic E-state index is 0.249. The van der Waals surface area contributed by atoms with Gasteiger partial charge < -0.3 is 10.2 Å². The average Bonchev–Trinajstić information content (AvgIpc) is 2.73. The van der Waals surface area contributed by atoms with Crippen LogP contribution in [0.5, 0.6) is 0 Å². The maximum Gasteiger partial charge on any atom is 0.122 e. The molecule has 3 nitrogen and oxygen atoms in total. The van der Waals surface area contributed by atoms with Crippen molar-refractivity contribution in [2.45, 2.75) is 39.2 Å². The van der Waals surface area contributed by atoms with Gasteiger partial charge in [-0.3, -0.25) is 4.90 Å². The Labute approximate surface area is 104 Å². The van der Waals surface area contributed by atoms with E-state index in [1.165, 1.54) is 19.3 Å². The molecule has 2 N–H and O–H groups in total. The largest absolute Gasteiger partial charge is 0.468 e. The molecule has 0 aliphatic carbocycles. The second kappa shape index (κ2) is 5.23. The molecule has 1 aromatic heterocycles. The van der Waals surface area contributed by atoms with Gasteiger partial charge in [-0.25, -0.2) is 0 Å². The summed E-state index contributed by atoms with van der Waals surface area (Å²) in [6.07, 6.45) is 5.53. The molecule has 0 saturated carbocycles. The third-order valence-corrected chi connectivity index (χ3v) is 3.91. The van der Waals surface area contributed by atoms with Crippen LogP contribution in [0, 0.1) is 5.41 Å². The van der Waals surface area contributed by atoms with Crippen molar-refractivity contribution >= 4 is 0 Å². The van der Waals surface area contributed by atoms with Crippen LogP contribution in [-0.2, 0) is 0 Å². The molecule has 0 bridgehead atoms. The Balaban J connectivity index is 2.05. The molecule has 1 unspecified atom stereocenters. The highest BCUT2D eigenvalue weighted by Gasteiger charge is 2.28. The molecular formula is C14H24N2O. The zero-order valence-corrected chi connectivity index (χ0v) is 11.0. The molecule has 2 rings (SSSR count). The van der Waals surface area contributed by atoms with Crippen molar-refractivity contribution in [1.82, 2.24) is 4.90 Å².